The normalized spacial score (nSPS) is 17.7. The van der Waals surface area contributed by atoms with E-state index in [9.17, 15) is 13.2 Å². The van der Waals surface area contributed by atoms with Crippen LogP contribution in [-0.4, -0.2) is 38.8 Å². The minimum Gasteiger partial charge on any atom is -0.495 e. The Balaban J connectivity index is 1.74. The zero-order chi connectivity index (χ0) is 21.2. The van der Waals surface area contributed by atoms with Crippen LogP contribution in [-0.2, 0) is 14.8 Å². The number of hydrogen-bond acceptors (Lipinski definition) is 4. The van der Waals surface area contributed by atoms with Crippen LogP contribution in [0.2, 0.25) is 5.02 Å². The van der Waals surface area contributed by atoms with Gasteiger partial charge in [0.1, 0.15) is 5.75 Å². The number of piperidine rings is 1. The molecule has 0 radical (unpaired) electrons. The van der Waals surface area contributed by atoms with Crippen molar-refractivity contribution in [2.24, 2.45) is 5.92 Å². The van der Waals surface area contributed by atoms with Crippen LogP contribution in [0.1, 0.15) is 24.0 Å². The summed E-state index contributed by atoms with van der Waals surface area (Å²) in [6.45, 7) is 4.51. The number of nitrogens with zero attached hydrogens (tertiary/aromatic N) is 1. The van der Waals surface area contributed by atoms with E-state index >= 15 is 0 Å². The zero-order valence-corrected chi connectivity index (χ0v) is 18.3. The van der Waals surface area contributed by atoms with E-state index in [4.69, 9.17) is 16.3 Å². The van der Waals surface area contributed by atoms with Crippen molar-refractivity contribution in [2.75, 3.05) is 25.5 Å². The third-order valence-corrected chi connectivity index (χ3v) is 7.45. The summed E-state index contributed by atoms with van der Waals surface area (Å²) in [6.07, 6.45) is 1.26. The van der Waals surface area contributed by atoms with E-state index < -0.39 is 15.9 Å². The molecule has 2 aromatic rings. The number of halogens is 1. The largest absolute Gasteiger partial charge is 0.495 e. The first-order chi connectivity index (χ1) is 13.7. The van der Waals surface area contributed by atoms with Gasteiger partial charge in [-0.3, -0.25) is 4.79 Å². The Morgan fingerprint density at radius 1 is 1.17 bits per heavy atom. The number of anilines is 1. The number of carbonyl (C=O) groups is 1. The summed E-state index contributed by atoms with van der Waals surface area (Å²) in [4.78, 5) is 12.8. The molecule has 1 amide bonds. The zero-order valence-electron chi connectivity index (χ0n) is 16.7. The minimum absolute atomic E-state index is 0.0958. The molecule has 0 saturated carbocycles. The second kappa shape index (κ2) is 8.73. The lowest BCUT2D eigenvalue weighted by Crippen LogP contribution is -2.43. The first kappa shape index (κ1) is 21.6. The molecule has 0 aliphatic carbocycles. The average molecular weight is 437 g/mol. The molecular weight excluding hydrogens is 412 g/mol. The average Bonchev–Trinajstić information content (AvgIpc) is 2.70. The van der Waals surface area contributed by atoms with Crippen LogP contribution >= 0.6 is 11.6 Å². The van der Waals surface area contributed by atoms with Crippen LogP contribution in [0.5, 0.6) is 5.75 Å². The fourth-order valence-corrected chi connectivity index (χ4v) is 5.27. The van der Waals surface area contributed by atoms with Gasteiger partial charge in [-0.05, 0) is 68.1 Å². The van der Waals surface area contributed by atoms with E-state index in [2.05, 4.69) is 5.32 Å². The van der Waals surface area contributed by atoms with Crippen molar-refractivity contribution >= 4 is 33.2 Å². The number of sulfonamides is 1. The Kier molecular flexibility index (Phi) is 6.51. The van der Waals surface area contributed by atoms with Crippen LogP contribution in [0.25, 0.3) is 0 Å². The second-order valence-corrected chi connectivity index (χ2v) is 9.63. The Morgan fingerprint density at radius 2 is 1.93 bits per heavy atom. The highest BCUT2D eigenvalue weighted by Crippen LogP contribution is 2.30. The Hall–Kier alpha value is -2.09. The van der Waals surface area contributed by atoms with Gasteiger partial charge < -0.3 is 10.1 Å². The van der Waals surface area contributed by atoms with Crippen LogP contribution in [0.15, 0.2) is 41.3 Å². The molecule has 0 unspecified atom stereocenters. The van der Waals surface area contributed by atoms with Gasteiger partial charge in [-0.15, -0.1) is 0 Å². The number of nitrogens with one attached hydrogen (secondary N) is 1. The van der Waals surface area contributed by atoms with Crippen molar-refractivity contribution in [3.05, 3.63) is 52.5 Å². The quantitative estimate of drug-likeness (QED) is 0.768. The van der Waals surface area contributed by atoms with Gasteiger partial charge in [-0.25, -0.2) is 8.42 Å². The Bertz CT molecular complexity index is 1020. The molecule has 0 spiro atoms. The number of ether oxygens (including phenoxy) is 1. The molecule has 6 nitrogen and oxygen atoms in total. The summed E-state index contributed by atoms with van der Waals surface area (Å²) < 4.78 is 32.5. The number of hydrogen-bond donors (Lipinski definition) is 1. The molecule has 2 aromatic carbocycles. The van der Waals surface area contributed by atoms with Crippen LogP contribution < -0.4 is 10.1 Å². The molecule has 0 bridgehead atoms. The first-order valence-electron chi connectivity index (χ1n) is 9.44. The summed E-state index contributed by atoms with van der Waals surface area (Å²) >= 11 is 6.10. The summed E-state index contributed by atoms with van der Waals surface area (Å²) in [5, 5.41) is 3.15. The SMILES string of the molecule is COc1ccc(S(=O)(=O)N2CCC[C@H](C(=O)Nc3ccc(C)c(C)c3)C2)cc1Cl. The van der Waals surface area contributed by atoms with Crippen molar-refractivity contribution in [1.82, 2.24) is 4.31 Å². The lowest BCUT2D eigenvalue weighted by molar-refractivity contribution is -0.120. The van der Waals surface area contributed by atoms with Crippen LogP contribution in [0, 0.1) is 19.8 Å². The van der Waals surface area contributed by atoms with Gasteiger partial charge in [-0.1, -0.05) is 17.7 Å². The molecule has 1 N–H and O–H groups in total. The van der Waals surface area contributed by atoms with E-state index in [1.165, 1.54) is 29.6 Å². The fraction of sp³-hybridized carbons (Fsp3) is 0.381. The van der Waals surface area contributed by atoms with Gasteiger partial charge in [0, 0.05) is 18.8 Å². The Morgan fingerprint density at radius 3 is 2.59 bits per heavy atom. The van der Waals surface area contributed by atoms with E-state index in [1.54, 1.807) is 0 Å². The maximum atomic E-state index is 13.0. The van der Waals surface area contributed by atoms with Gasteiger partial charge in [0.15, 0.2) is 0 Å². The topological polar surface area (TPSA) is 75.7 Å². The smallest absolute Gasteiger partial charge is 0.243 e. The van der Waals surface area contributed by atoms with E-state index in [1.807, 2.05) is 32.0 Å². The van der Waals surface area contributed by atoms with E-state index in [0.717, 1.165) is 16.8 Å². The molecule has 3 rings (SSSR count). The van der Waals surface area contributed by atoms with Crippen molar-refractivity contribution in [3.8, 4) is 5.75 Å². The van der Waals surface area contributed by atoms with Gasteiger partial charge in [-0.2, -0.15) is 4.31 Å². The molecular formula is C21H25ClN2O4S. The lowest BCUT2D eigenvalue weighted by atomic mass is 9.98. The molecule has 1 aliphatic rings. The molecule has 8 heteroatoms. The third-order valence-electron chi connectivity index (χ3n) is 5.29. The predicted molar refractivity (Wildman–Crippen MR) is 114 cm³/mol. The van der Waals surface area contributed by atoms with Crippen molar-refractivity contribution < 1.29 is 17.9 Å². The van der Waals surface area contributed by atoms with Gasteiger partial charge in [0.05, 0.1) is 22.9 Å². The fourth-order valence-electron chi connectivity index (χ4n) is 3.39. The number of amides is 1. The van der Waals surface area contributed by atoms with Crippen molar-refractivity contribution in [3.63, 3.8) is 0 Å². The second-order valence-electron chi connectivity index (χ2n) is 7.29. The number of aryl methyl sites for hydroxylation is 2. The summed E-state index contributed by atoms with van der Waals surface area (Å²) in [5.41, 5.74) is 2.96. The van der Waals surface area contributed by atoms with Crippen LogP contribution in [0.4, 0.5) is 5.69 Å². The summed E-state index contributed by atoms with van der Waals surface area (Å²) in [6, 6.07) is 10.1. The maximum Gasteiger partial charge on any atom is 0.243 e. The van der Waals surface area contributed by atoms with Crippen molar-refractivity contribution in [2.45, 2.75) is 31.6 Å². The number of methoxy groups -OCH3 is 1. The number of carbonyl (C=O) groups excluding carboxylic acids is 1. The number of rotatable bonds is 5. The lowest BCUT2D eigenvalue weighted by Gasteiger charge is -2.31. The molecule has 0 aromatic heterocycles. The molecule has 1 aliphatic heterocycles. The number of benzene rings is 2. The standard InChI is InChI=1S/C21H25ClN2O4S/c1-14-6-7-17(11-15(14)2)23-21(25)16-5-4-10-24(13-16)29(26,27)18-8-9-20(28-3)19(22)12-18/h6-9,11-12,16H,4-5,10,13H2,1-3H3,(H,23,25)/t16-/m0/s1. The highest BCUT2D eigenvalue weighted by molar-refractivity contribution is 7.89. The van der Waals surface area contributed by atoms with Gasteiger partial charge in [0.2, 0.25) is 15.9 Å². The highest BCUT2D eigenvalue weighted by atomic mass is 35.5. The molecule has 1 saturated heterocycles. The van der Waals surface area contributed by atoms with Gasteiger partial charge >= 0.3 is 0 Å². The highest BCUT2D eigenvalue weighted by Gasteiger charge is 2.33. The third kappa shape index (κ3) is 4.74. The van der Waals surface area contributed by atoms with E-state index in [-0.39, 0.29) is 22.4 Å². The molecule has 29 heavy (non-hydrogen) atoms. The van der Waals surface area contributed by atoms with E-state index in [0.29, 0.717) is 25.1 Å². The maximum absolute atomic E-state index is 13.0. The molecule has 1 fully saturated rings. The van der Waals surface area contributed by atoms with Crippen molar-refractivity contribution in [1.29, 1.82) is 0 Å². The molecule has 156 valence electrons. The predicted octanol–water partition coefficient (Wildman–Crippen LogP) is 4.00. The Labute approximate surface area is 176 Å². The van der Waals surface area contributed by atoms with Crippen LogP contribution in [0.3, 0.4) is 0 Å². The first-order valence-corrected chi connectivity index (χ1v) is 11.3. The minimum atomic E-state index is -3.75. The summed E-state index contributed by atoms with van der Waals surface area (Å²) in [7, 11) is -2.28. The monoisotopic (exact) mass is 436 g/mol. The summed E-state index contributed by atoms with van der Waals surface area (Å²) in [5.74, 6) is -0.162. The molecule has 1 atom stereocenters. The van der Waals surface area contributed by atoms with Gasteiger partial charge in [0.25, 0.3) is 0 Å². The molecule has 1 heterocycles.